The second kappa shape index (κ2) is 8.03. The number of hydrogen-bond donors (Lipinski definition) is 0. The molecule has 0 saturated heterocycles. The van der Waals surface area contributed by atoms with Gasteiger partial charge in [0.15, 0.2) is 0 Å². The van der Waals surface area contributed by atoms with Crippen molar-refractivity contribution in [2.24, 2.45) is 0 Å². The van der Waals surface area contributed by atoms with Crippen LogP contribution in [0.5, 0.6) is 5.75 Å². The number of methoxy groups -OCH3 is 1. The molecule has 0 radical (unpaired) electrons. The summed E-state index contributed by atoms with van der Waals surface area (Å²) in [6.07, 6.45) is 0. The van der Waals surface area contributed by atoms with Crippen LogP contribution < -0.4 is 4.74 Å². The fourth-order valence-corrected chi connectivity index (χ4v) is 1.65. The summed E-state index contributed by atoms with van der Waals surface area (Å²) in [6.45, 7) is 1.42. The average Bonchev–Trinajstić information content (AvgIpc) is 2.35. The van der Waals surface area contributed by atoms with Gasteiger partial charge in [-0.15, -0.1) is 0 Å². The van der Waals surface area contributed by atoms with E-state index in [2.05, 4.69) is 15.9 Å². The Bertz CT molecular complexity index is 443. The van der Waals surface area contributed by atoms with E-state index in [-0.39, 0.29) is 12.4 Å². The van der Waals surface area contributed by atoms with Gasteiger partial charge in [0.1, 0.15) is 12.4 Å². The molecule has 0 spiro atoms. The minimum absolute atomic E-state index is 0.198. The van der Waals surface area contributed by atoms with Crippen molar-refractivity contribution in [3.05, 3.63) is 32.5 Å². The number of halogens is 2. The summed E-state index contributed by atoms with van der Waals surface area (Å²) in [7, 11) is 1.56. The Hall–Kier alpha value is -1.25. The Morgan fingerprint density at radius 1 is 1.32 bits per heavy atom. The van der Waals surface area contributed by atoms with Crippen molar-refractivity contribution in [1.82, 2.24) is 0 Å². The van der Waals surface area contributed by atoms with Crippen molar-refractivity contribution in [2.75, 3.05) is 33.5 Å². The molecule has 0 amide bonds. The first-order valence-corrected chi connectivity index (χ1v) is 6.18. The first kappa shape index (κ1) is 15.8. The van der Waals surface area contributed by atoms with E-state index in [0.717, 1.165) is 12.1 Å². The van der Waals surface area contributed by atoms with Crippen molar-refractivity contribution in [2.45, 2.75) is 0 Å². The molecule has 0 saturated carbocycles. The molecular formula is C11H13BrFNO5. The van der Waals surface area contributed by atoms with Crippen molar-refractivity contribution in [3.63, 3.8) is 0 Å². The summed E-state index contributed by atoms with van der Waals surface area (Å²) in [5.41, 5.74) is -0.626. The van der Waals surface area contributed by atoms with Crippen LogP contribution in [0.15, 0.2) is 16.6 Å². The monoisotopic (exact) mass is 337 g/mol. The van der Waals surface area contributed by atoms with E-state index in [1.54, 1.807) is 7.11 Å². The van der Waals surface area contributed by atoms with E-state index in [1.165, 1.54) is 0 Å². The Balaban J connectivity index is 2.53. The van der Waals surface area contributed by atoms with Crippen molar-refractivity contribution < 1.29 is 23.5 Å². The molecule has 0 heterocycles. The number of hydrogen-bond acceptors (Lipinski definition) is 5. The number of benzene rings is 1. The van der Waals surface area contributed by atoms with Gasteiger partial charge >= 0.3 is 5.69 Å². The van der Waals surface area contributed by atoms with Crippen molar-refractivity contribution in [1.29, 1.82) is 0 Å². The predicted octanol–water partition coefficient (Wildman–Crippen LogP) is 2.54. The fourth-order valence-electron chi connectivity index (χ4n) is 1.22. The molecule has 1 aromatic carbocycles. The fraction of sp³-hybridized carbons (Fsp3) is 0.455. The SMILES string of the molecule is COCCOCCOc1cc([N+](=O)[O-])c(F)cc1Br. The Morgan fingerprint density at radius 3 is 2.63 bits per heavy atom. The highest BCUT2D eigenvalue weighted by Crippen LogP contribution is 2.31. The third kappa shape index (κ3) is 5.09. The number of rotatable bonds is 8. The van der Waals surface area contributed by atoms with Crippen LogP contribution in [0.3, 0.4) is 0 Å². The van der Waals surface area contributed by atoms with Gasteiger partial charge in [-0.3, -0.25) is 10.1 Å². The summed E-state index contributed by atoms with van der Waals surface area (Å²) in [5.74, 6) is -0.719. The topological polar surface area (TPSA) is 70.8 Å². The standard InChI is InChI=1S/C11H13BrFNO5/c1-17-2-3-18-4-5-19-11-7-10(14(15)16)9(13)6-8(11)12/h6-7H,2-5H2,1H3. The van der Waals surface area contributed by atoms with Crippen LogP contribution in [0.1, 0.15) is 0 Å². The number of nitro benzene ring substituents is 1. The molecule has 0 aliphatic rings. The second-order valence-corrected chi connectivity index (χ2v) is 4.30. The maximum Gasteiger partial charge on any atom is 0.308 e. The van der Waals surface area contributed by atoms with Crippen LogP contribution in [0, 0.1) is 15.9 Å². The lowest BCUT2D eigenvalue weighted by molar-refractivity contribution is -0.387. The molecule has 106 valence electrons. The molecule has 6 nitrogen and oxygen atoms in total. The number of nitro groups is 1. The lowest BCUT2D eigenvalue weighted by Gasteiger charge is -2.09. The van der Waals surface area contributed by atoms with Crippen molar-refractivity contribution >= 4 is 21.6 Å². The predicted molar refractivity (Wildman–Crippen MR) is 68.9 cm³/mol. The zero-order chi connectivity index (χ0) is 14.3. The molecule has 0 atom stereocenters. The second-order valence-electron chi connectivity index (χ2n) is 3.44. The lowest BCUT2D eigenvalue weighted by atomic mass is 10.3. The zero-order valence-electron chi connectivity index (χ0n) is 10.2. The van der Waals surface area contributed by atoms with E-state index in [0.29, 0.717) is 24.3 Å². The van der Waals surface area contributed by atoms with Crippen LogP contribution in [0.4, 0.5) is 10.1 Å². The molecule has 0 fully saturated rings. The van der Waals surface area contributed by atoms with Gasteiger partial charge in [0.25, 0.3) is 0 Å². The highest BCUT2D eigenvalue weighted by atomic mass is 79.9. The highest BCUT2D eigenvalue weighted by molar-refractivity contribution is 9.10. The van der Waals surface area contributed by atoms with E-state index < -0.39 is 16.4 Å². The third-order valence-electron chi connectivity index (χ3n) is 2.12. The van der Waals surface area contributed by atoms with Crippen molar-refractivity contribution in [3.8, 4) is 5.75 Å². The number of nitrogens with zero attached hydrogens (tertiary/aromatic N) is 1. The molecular weight excluding hydrogens is 325 g/mol. The summed E-state index contributed by atoms with van der Waals surface area (Å²) >= 11 is 3.08. The van der Waals surface area contributed by atoms with E-state index >= 15 is 0 Å². The van der Waals surface area contributed by atoms with E-state index in [4.69, 9.17) is 14.2 Å². The van der Waals surface area contributed by atoms with E-state index in [1.807, 2.05) is 0 Å². The Morgan fingerprint density at radius 2 is 2.00 bits per heavy atom. The summed E-state index contributed by atoms with van der Waals surface area (Å²) in [4.78, 5) is 9.79. The Labute approximate surface area is 117 Å². The van der Waals surface area contributed by atoms with Gasteiger partial charge in [0.2, 0.25) is 5.82 Å². The van der Waals surface area contributed by atoms with Crippen LogP contribution in [0.25, 0.3) is 0 Å². The molecule has 19 heavy (non-hydrogen) atoms. The third-order valence-corrected chi connectivity index (χ3v) is 2.73. The summed E-state index contributed by atoms with van der Waals surface area (Å²) in [6, 6.07) is 2.04. The average molecular weight is 338 g/mol. The lowest BCUT2D eigenvalue weighted by Crippen LogP contribution is -2.10. The van der Waals surface area contributed by atoms with Crippen LogP contribution in [-0.2, 0) is 9.47 Å². The zero-order valence-corrected chi connectivity index (χ0v) is 11.8. The summed E-state index contributed by atoms with van der Waals surface area (Å²) < 4.78 is 28.8. The van der Waals surface area contributed by atoms with Crippen LogP contribution >= 0.6 is 15.9 Å². The molecule has 0 bridgehead atoms. The molecule has 0 aliphatic carbocycles. The molecule has 0 aliphatic heterocycles. The van der Waals surface area contributed by atoms with Gasteiger partial charge in [0, 0.05) is 7.11 Å². The molecule has 0 unspecified atom stereocenters. The van der Waals surface area contributed by atoms with Gasteiger partial charge in [-0.2, -0.15) is 4.39 Å². The smallest absolute Gasteiger partial charge is 0.308 e. The first-order chi connectivity index (χ1) is 9.06. The van der Waals surface area contributed by atoms with Crippen LogP contribution in [0.2, 0.25) is 0 Å². The summed E-state index contributed by atoms with van der Waals surface area (Å²) in [5, 5.41) is 10.6. The minimum Gasteiger partial charge on any atom is -0.490 e. The minimum atomic E-state index is -0.916. The quantitative estimate of drug-likeness (QED) is 0.414. The van der Waals surface area contributed by atoms with Crippen LogP contribution in [-0.4, -0.2) is 38.5 Å². The normalized spacial score (nSPS) is 10.5. The van der Waals surface area contributed by atoms with E-state index in [9.17, 15) is 14.5 Å². The molecule has 0 N–H and O–H groups in total. The van der Waals surface area contributed by atoms with Gasteiger partial charge in [0.05, 0.1) is 35.3 Å². The highest BCUT2D eigenvalue weighted by Gasteiger charge is 2.18. The molecule has 1 aromatic rings. The van der Waals surface area contributed by atoms with Gasteiger partial charge in [-0.05, 0) is 22.0 Å². The maximum atomic E-state index is 13.2. The largest absolute Gasteiger partial charge is 0.490 e. The molecule has 1 rings (SSSR count). The molecule has 8 heteroatoms. The van der Waals surface area contributed by atoms with Gasteiger partial charge in [-0.25, -0.2) is 0 Å². The Kier molecular flexibility index (Phi) is 6.68. The first-order valence-electron chi connectivity index (χ1n) is 5.39. The van der Waals surface area contributed by atoms with Gasteiger partial charge in [-0.1, -0.05) is 0 Å². The maximum absolute atomic E-state index is 13.2. The molecule has 0 aromatic heterocycles. The van der Waals surface area contributed by atoms with Gasteiger partial charge < -0.3 is 14.2 Å². The number of ether oxygens (including phenoxy) is 3.